The van der Waals surface area contributed by atoms with Gasteiger partial charge in [0, 0.05) is 18.9 Å². The van der Waals surface area contributed by atoms with Crippen molar-refractivity contribution in [2.45, 2.75) is 25.5 Å². The Balaban J connectivity index is 2.28. The van der Waals surface area contributed by atoms with Gasteiger partial charge in [-0.1, -0.05) is 13.8 Å². The number of nitrogens with zero attached hydrogens (tertiary/aromatic N) is 1. The quantitative estimate of drug-likeness (QED) is 0.767. The Morgan fingerprint density at radius 1 is 1.44 bits per heavy atom. The van der Waals surface area contributed by atoms with E-state index in [2.05, 4.69) is 22.9 Å². The first-order valence-corrected chi connectivity index (χ1v) is 5.97. The molecule has 0 saturated heterocycles. The van der Waals surface area contributed by atoms with Gasteiger partial charge in [-0.2, -0.15) is 12.6 Å². The van der Waals surface area contributed by atoms with Crippen molar-refractivity contribution in [1.29, 1.82) is 0 Å². The van der Waals surface area contributed by atoms with Crippen molar-refractivity contribution in [3.63, 3.8) is 0 Å². The standard InChI is InChI=1S/C12H18N2OS/c1-9(2)11(16)12(15)14-8-5-10-3-6-13-7-4-10/h3-4,6-7,9,11,16H,5,8H2,1-2H3,(H,14,15). The van der Waals surface area contributed by atoms with E-state index in [1.807, 2.05) is 26.0 Å². The molecule has 0 fully saturated rings. The van der Waals surface area contributed by atoms with Crippen LogP contribution in [-0.2, 0) is 11.2 Å². The maximum absolute atomic E-state index is 11.6. The molecule has 1 heterocycles. The SMILES string of the molecule is CC(C)C(S)C(=O)NCCc1ccncc1. The summed E-state index contributed by atoms with van der Waals surface area (Å²) in [4.78, 5) is 15.5. The van der Waals surface area contributed by atoms with Gasteiger partial charge in [0.2, 0.25) is 5.91 Å². The zero-order valence-corrected chi connectivity index (χ0v) is 10.6. The highest BCUT2D eigenvalue weighted by Crippen LogP contribution is 2.08. The van der Waals surface area contributed by atoms with Crippen molar-refractivity contribution in [2.24, 2.45) is 5.92 Å². The summed E-state index contributed by atoms with van der Waals surface area (Å²) < 4.78 is 0. The minimum atomic E-state index is -0.225. The fraction of sp³-hybridized carbons (Fsp3) is 0.500. The minimum Gasteiger partial charge on any atom is -0.355 e. The number of amides is 1. The van der Waals surface area contributed by atoms with Gasteiger partial charge in [-0.15, -0.1) is 0 Å². The van der Waals surface area contributed by atoms with Crippen LogP contribution < -0.4 is 5.32 Å². The first kappa shape index (κ1) is 13.0. The van der Waals surface area contributed by atoms with Gasteiger partial charge < -0.3 is 5.32 Å². The molecule has 1 N–H and O–H groups in total. The van der Waals surface area contributed by atoms with Crippen molar-refractivity contribution in [3.8, 4) is 0 Å². The zero-order chi connectivity index (χ0) is 12.0. The molecule has 1 aromatic rings. The van der Waals surface area contributed by atoms with Crippen molar-refractivity contribution >= 4 is 18.5 Å². The number of rotatable bonds is 5. The van der Waals surface area contributed by atoms with Crippen LogP contribution in [0, 0.1) is 5.92 Å². The van der Waals surface area contributed by atoms with Crippen molar-refractivity contribution in [3.05, 3.63) is 30.1 Å². The molecule has 1 rings (SSSR count). The molecule has 3 nitrogen and oxygen atoms in total. The average molecular weight is 238 g/mol. The van der Waals surface area contributed by atoms with Crippen LogP contribution in [0.1, 0.15) is 19.4 Å². The zero-order valence-electron chi connectivity index (χ0n) is 9.68. The van der Waals surface area contributed by atoms with E-state index in [9.17, 15) is 4.79 Å². The predicted molar refractivity (Wildman–Crippen MR) is 68.6 cm³/mol. The smallest absolute Gasteiger partial charge is 0.233 e. The third-order valence-corrected chi connectivity index (χ3v) is 3.19. The van der Waals surface area contributed by atoms with Crippen LogP contribution >= 0.6 is 12.6 Å². The third kappa shape index (κ3) is 4.23. The maximum Gasteiger partial charge on any atom is 0.233 e. The molecule has 0 aliphatic carbocycles. The topological polar surface area (TPSA) is 42.0 Å². The second-order valence-corrected chi connectivity index (χ2v) is 4.64. The molecule has 0 spiro atoms. The molecule has 1 unspecified atom stereocenters. The van der Waals surface area contributed by atoms with Gasteiger partial charge in [-0.25, -0.2) is 0 Å². The Morgan fingerprint density at radius 3 is 2.62 bits per heavy atom. The summed E-state index contributed by atoms with van der Waals surface area (Å²) >= 11 is 4.26. The molecule has 0 radical (unpaired) electrons. The normalized spacial score (nSPS) is 12.5. The molecular formula is C12H18N2OS. The summed E-state index contributed by atoms with van der Waals surface area (Å²) in [6, 6.07) is 3.90. The molecule has 0 bridgehead atoms. The van der Waals surface area contributed by atoms with E-state index in [1.54, 1.807) is 12.4 Å². The molecule has 88 valence electrons. The van der Waals surface area contributed by atoms with E-state index >= 15 is 0 Å². The lowest BCUT2D eigenvalue weighted by atomic mass is 10.1. The highest BCUT2D eigenvalue weighted by molar-refractivity contribution is 7.81. The largest absolute Gasteiger partial charge is 0.355 e. The molecule has 0 aliphatic heterocycles. The summed E-state index contributed by atoms with van der Waals surface area (Å²) in [5.74, 6) is 0.261. The molecular weight excluding hydrogens is 220 g/mol. The van der Waals surface area contributed by atoms with E-state index < -0.39 is 0 Å². The molecule has 1 amide bonds. The van der Waals surface area contributed by atoms with Gasteiger partial charge in [0.15, 0.2) is 0 Å². The fourth-order valence-electron chi connectivity index (χ4n) is 1.29. The number of thiol groups is 1. The third-order valence-electron chi connectivity index (χ3n) is 2.36. The van der Waals surface area contributed by atoms with Gasteiger partial charge in [-0.3, -0.25) is 9.78 Å². The Kier molecular flexibility index (Phi) is 5.32. The van der Waals surface area contributed by atoms with Gasteiger partial charge in [0.25, 0.3) is 0 Å². The van der Waals surface area contributed by atoms with E-state index in [0.29, 0.717) is 6.54 Å². The van der Waals surface area contributed by atoms with Crippen LogP contribution in [0.3, 0.4) is 0 Å². The van der Waals surface area contributed by atoms with Crippen LogP contribution in [0.2, 0.25) is 0 Å². The van der Waals surface area contributed by atoms with Crippen molar-refractivity contribution < 1.29 is 4.79 Å². The van der Waals surface area contributed by atoms with Gasteiger partial charge >= 0.3 is 0 Å². The summed E-state index contributed by atoms with van der Waals surface area (Å²) in [7, 11) is 0. The number of pyridine rings is 1. The Labute approximate surface area is 102 Å². The first-order valence-electron chi connectivity index (χ1n) is 5.46. The Bertz CT molecular complexity index is 327. The molecule has 0 aromatic carbocycles. The average Bonchev–Trinajstić information content (AvgIpc) is 2.29. The molecule has 1 atom stereocenters. The second kappa shape index (κ2) is 6.53. The molecule has 4 heteroatoms. The Morgan fingerprint density at radius 2 is 2.06 bits per heavy atom. The van der Waals surface area contributed by atoms with Gasteiger partial charge in [-0.05, 0) is 30.0 Å². The van der Waals surface area contributed by atoms with Crippen molar-refractivity contribution in [1.82, 2.24) is 10.3 Å². The van der Waals surface area contributed by atoms with Crippen LogP contribution in [-0.4, -0.2) is 22.7 Å². The van der Waals surface area contributed by atoms with Crippen molar-refractivity contribution in [2.75, 3.05) is 6.54 Å². The molecule has 1 aromatic heterocycles. The monoisotopic (exact) mass is 238 g/mol. The van der Waals surface area contributed by atoms with Crippen LogP contribution in [0.15, 0.2) is 24.5 Å². The van der Waals surface area contributed by atoms with Crippen LogP contribution in [0.25, 0.3) is 0 Å². The number of nitrogens with one attached hydrogen (secondary N) is 1. The second-order valence-electron chi connectivity index (χ2n) is 4.09. The number of aromatic nitrogens is 1. The molecule has 0 aliphatic rings. The lowest BCUT2D eigenvalue weighted by Gasteiger charge is -2.14. The number of hydrogen-bond donors (Lipinski definition) is 2. The summed E-state index contributed by atoms with van der Waals surface area (Å²) in [5, 5.41) is 2.65. The number of hydrogen-bond acceptors (Lipinski definition) is 3. The van der Waals surface area contributed by atoms with E-state index in [1.165, 1.54) is 5.56 Å². The highest BCUT2D eigenvalue weighted by atomic mass is 32.1. The maximum atomic E-state index is 11.6. The lowest BCUT2D eigenvalue weighted by molar-refractivity contribution is -0.121. The molecule has 0 saturated carbocycles. The van der Waals surface area contributed by atoms with E-state index in [-0.39, 0.29) is 17.1 Å². The van der Waals surface area contributed by atoms with Gasteiger partial charge in [0.05, 0.1) is 5.25 Å². The first-order chi connectivity index (χ1) is 7.61. The predicted octanol–water partition coefficient (Wildman–Crippen LogP) is 1.69. The fourth-order valence-corrected chi connectivity index (χ4v) is 1.38. The minimum absolute atomic E-state index is 0.00684. The molecule has 16 heavy (non-hydrogen) atoms. The van der Waals surface area contributed by atoms with Gasteiger partial charge in [0.1, 0.15) is 0 Å². The number of carbonyl (C=O) groups excluding carboxylic acids is 1. The lowest BCUT2D eigenvalue weighted by Crippen LogP contribution is -2.35. The summed E-state index contributed by atoms with van der Waals surface area (Å²) in [6.45, 7) is 4.62. The van der Waals surface area contributed by atoms with E-state index in [0.717, 1.165) is 6.42 Å². The van der Waals surface area contributed by atoms with E-state index in [4.69, 9.17) is 0 Å². The highest BCUT2D eigenvalue weighted by Gasteiger charge is 2.16. The van der Waals surface area contributed by atoms with Crippen LogP contribution in [0.5, 0.6) is 0 Å². The Hall–Kier alpha value is -1.03. The number of carbonyl (C=O) groups is 1. The summed E-state index contributed by atoms with van der Waals surface area (Å²) in [5.41, 5.74) is 1.18. The summed E-state index contributed by atoms with van der Waals surface area (Å²) in [6.07, 6.45) is 4.34. The van der Waals surface area contributed by atoms with Crippen LogP contribution in [0.4, 0.5) is 0 Å².